The van der Waals surface area contributed by atoms with Crippen molar-refractivity contribution in [2.24, 2.45) is 0 Å². The van der Waals surface area contributed by atoms with Crippen molar-refractivity contribution in [3.05, 3.63) is 0 Å². The van der Waals surface area contributed by atoms with Crippen LogP contribution in [0.15, 0.2) is 0 Å². The van der Waals surface area contributed by atoms with Gasteiger partial charge in [0, 0.05) is 25.4 Å². The molecule has 0 unspecified atom stereocenters. The zero-order valence-corrected chi connectivity index (χ0v) is 14.7. The summed E-state index contributed by atoms with van der Waals surface area (Å²) in [7, 11) is 1.09. The normalized spacial score (nSPS) is 30.0. The second kappa shape index (κ2) is 8.46. The van der Waals surface area contributed by atoms with E-state index in [1.54, 1.807) is 0 Å². The minimum Gasteiger partial charge on any atom is -0.467 e. The van der Waals surface area contributed by atoms with Gasteiger partial charge in [0.05, 0.1) is 7.11 Å². The maximum Gasteiger partial charge on any atom is 0.404 e. The van der Waals surface area contributed by atoms with Crippen LogP contribution in [-0.2, 0) is 38.1 Å². The average Bonchev–Trinajstić information content (AvgIpc) is 2.43. The first kappa shape index (κ1) is 19.7. The summed E-state index contributed by atoms with van der Waals surface area (Å²) in [5.41, 5.74) is -1.26. The molecule has 1 aliphatic rings. The largest absolute Gasteiger partial charge is 0.467 e. The molecule has 9 nitrogen and oxygen atoms in total. The van der Waals surface area contributed by atoms with Crippen LogP contribution in [0, 0.1) is 0 Å². The lowest BCUT2D eigenvalue weighted by atomic mass is 9.99. The lowest BCUT2D eigenvalue weighted by Crippen LogP contribution is -2.61. The van der Waals surface area contributed by atoms with Gasteiger partial charge in [0.2, 0.25) is 0 Å². The molecule has 0 N–H and O–H groups in total. The van der Waals surface area contributed by atoms with Crippen molar-refractivity contribution in [1.82, 2.24) is 0 Å². The molecule has 0 aromatic rings. The predicted octanol–water partition coefficient (Wildman–Crippen LogP) is 0.887. The molecule has 23 heavy (non-hydrogen) atoms. The highest BCUT2D eigenvalue weighted by atomic mass is 79.9. The number of ether oxygens (including phenoxy) is 5. The highest BCUT2D eigenvalue weighted by Gasteiger charge is 2.54. The first-order valence-corrected chi connectivity index (χ1v) is 7.54. The number of alkyl halides is 1. The van der Waals surface area contributed by atoms with E-state index in [1.165, 1.54) is 0 Å². The second-order valence-electron chi connectivity index (χ2n) is 4.40. The number of rotatable bonds is 4. The second-order valence-corrected chi connectivity index (χ2v) is 5.61. The van der Waals surface area contributed by atoms with E-state index in [0.29, 0.717) is 0 Å². The van der Waals surface area contributed by atoms with E-state index in [0.717, 1.165) is 21.0 Å². The third kappa shape index (κ3) is 5.33. The summed E-state index contributed by atoms with van der Waals surface area (Å²) in [6, 6.07) is 0. The molecule has 5 atom stereocenters. The number of esters is 3. The highest BCUT2D eigenvalue weighted by Crippen LogP contribution is 2.32. The van der Waals surface area contributed by atoms with Gasteiger partial charge in [-0.25, -0.2) is 9.59 Å². The minimum absolute atomic E-state index is 0.701. The number of carbonyl (C=O) groups excluding carboxylic acids is 4. The van der Waals surface area contributed by atoms with Crippen molar-refractivity contribution in [2.45, 2.75) is 43.3 Å². The zero-order chi connectivity index (χ0) is 17.7. The van der Waals surface area contributed by atoms with Crippen LogP contribution in [0.2, 0.25) is 0 Å². The van der Waals surface area contributed by atoms with E-state index in [-0.39, 0.29) is 0 Å². The summed E-state index contributed by atoms with van der Waals surface area (Å²) in [6.45, 7) is 2.22. The Labute approximate surface area is 144 Å². The summed E-state index contributed by atoms with van der Waals surface area (Å²) in [5.74, 6) is -2.35. The third-order valence-corrected chi connectivity index (χ3v) is 3.57. The molecule has 1 rings (SSSR count). The van der Waals surface area contributed by atoms with E-state index < -0.39 is 52.8 Å². The van der Waals surface area contributed by atoms with E-state index in [4.69, 9.17) is 30.5 Å². The van der Waals surface area contributed by atoms with Crippen LogP contribution >= 0.6 is 27.5 Å². The molecule has 0 radical (unpaired) electrons. The van der Waals surface area contributed by atoms with E-state index in [1.807, 2.05) is 0 Å². The van der Waals surface area contributed by atoms with Crippen LogP contribution in [0.25, 0.3) is 0 Å². The molecule has 0 aromatic carbocycles. The van der Waals surface area contributed by atoms with Crippen molar-refractivity contribution in [1.29, 1.82) is 0 Å². The number of methoxy groups -OCH3 is 1. The van der Waals surface area contributed by atoms with Crippen molar-refractivity contribution in [2.75, 3.05) is 7.11 Å². The van der Waals surface area contributed by atoms with Gasteiger partial charge in [-0.15, -0.1) is 0 Å². The molecule has 11 heteroatoms. The van der Waals surface area contributed by atoms with Crippen molar-refractivity contribution >= 4 is 50.9 Å². The molecule has 0 saturated carbocycles. The molecule has 0 aromatic heterocycles. The molecule has 1 aliphatic heterocycles. The fraction of sp³-hybridized carbons (Fsp3) is 0.667. The molecule has 1 heterocycles. The Morgan fingerprint density at radius 1 is 0.957 bits per heavy atom. The number of hydrogen-bond acceptors (Lipinski definition) is 9. The van der Waals surface area contributed by atoms with Crippen LogP contribution in [0.1, 0.15) is 13.8 Å². The summed E-state index contributed by atoms with van der Waals surface area (Å²) >= 11 is 8.26. The Hall–Kier alpha value is -1.39. The van der Waals surface area contributed by atoms with Gasteiger partial charge in [-0.1, -0.05) is 15.9 Å². The Kier molecular flexibility index (Phi) is 7.23. The standard InChI is InChI=1S/C12H14BrClO9/c1-4(15)20-6-7(23-12(14)18)9(11(17)19-3)22-10(13)8(6)21-5(2)16/h6-10H,1-3H3/t6-,7-,8+,9-,10-/m0/s1. The lowest BCUT2D eigenvalue weighted by Gasteiger charge is -2.41. The summed E-state index contributed by atoms with van der Waals surface area (Å²) in [4.78, 5) is 45.4. The highest BCUT2D eigenvalue weighted by molar-refractivity contribution is 9.09. The van der Waals surface area contributed by atoms with E-state index >= 15 is 0 Å². The molecule has 0 aliphatic carbocycles. The van der Waals surface area contributed by atoms with Gasteiger partial charge >= 0.3 is 23.3 Å². The quantitative estimate of drug-likeness (QED) is 0.284. The first-order valence-electron chi connectivity index (χ1n) is 6.25. The van der Waals surface area contributed by atoms with Gasteiger partial charge in [-0.3, -0.25) is 9.59 Å². The fourth-order valence-corrected chi connectivity index (χ4v) is 2.73. The maximum absolute atomic E-state index is 11.8. The Balaban J connectivity index is 3.21. The molecule has 1 fully saturated rings. The summed E-state index contributed by atoms with van der Waals surface area (Å²) in [5, 5.41) is -1.02. The van der Waals surface area contributed by atoms with Crippen LogP contribution in [0.5, 0.6) is 0 Å². The van der Waals surface area contributed by atoms with Gasteiger partial charge in [0.15, 0.2) is 29.4 Å². The molecule has 0 bridgehead atoms. The van der Waals surface area contributed by atoms with Crippen molar-refractivity contribution < 1.29 is 42.9 Å². The van der Waals surface area contributed by atoms with Crippen LogP contribution < -0.4 is 0 Å². The summed E-state index contributed by atoms with van der Waals surface area (Å²) < 4.78 is 24.7. The first-order chi connectivity index (χ1) is 10.7. The average molecular weight is 418 g/mol. The monoisotopic (exact) mass is 416 g/mol. The molecule has 0 amide bonds. The Morgan fingerprint density at radius 3 is 1.91 bits per heavy atom. The van der Waals surface area contributed by atoms with E-state index in [9.17, 15) is 19.2 Å². The van der Waals surface area contributed by atoms with Crippen molar-refractivity contribution in [3.63, 3.8) is 0 Å². The number of carbonyl (C=O) groups is 4. The van der Waals surface area contributed by atoms with E-state index in [2.05, 4.69) is 20.7 Å². The zero-order valence-electron chi connectivity index (χ0n) is 12.3. The molecule has 0 spiro atoms. The van der Waals surface area contributed by atoms with Gasteiger partial charge < -0.3 is 23.7 Å². The topological polar surface area (TPSA) is 114 Å². The Morgan fingerprint density at radius 2 is 1.48 bits per heavy atom. The number of hydrogen-bond donors (Lipinski definition) is 0. The third-order valence-electron chi connectivity index (χ3n) is 2.75. The SMILES string of the molecule is COC(=O)[C@H]1O[C@H](Br)[C@H](OC(C)=O)[C@@H](OC(C)=O)[C@@H]1OC(=O)Cl. The maximum atomic E-state index is 11.8. The Bertz CT molecular complexity index is 497. The lowest BCUT2D eigenvalue weighted by molar-refractivity contribution is -0.226. The smallest absolute Gasteiger partial charge is 0.404 e. The van der Waals surface area contributed by atoms with Gasteiger partial charge in [0.25, 0.3) is 0 Å². The van der Waals surface area contributed by atoms with Gasteiger partial charge in [0.1, 0.15) is 0 Å². The number of halogens is 2. The molecular weight excluding hydrogens is 403 g/mol. The summed E-state index contributed by atoms with van der Waals surface area (Å²) in [6.07, 6.45) is -5.42. The molecular formula is C12H14BrClO9. The molecule has 1 saturated heterocycles. The van der Waals surface area contributed by atoms with Crippen LogP contribution in [-0.4, -0.2) is 59.9 Å². The van der Waals surface area contributed by atoms with Crippen molar-refractivity contribution in [3.8, 4) is 0 Å². The van der Waals surface area contributed by atoms with Crippen LogP contribution in [0.3, 0.4) is 0 Å². The molecule has 130 valence electrons. The van der Waals surface area contributed by atoms with Gasteiger partial charge in [-0.05, 0) is 0 Å². The predicted molar refractivity (Wildman–Crippen MR) is 76.8 cm³/mol. The van der Waals surface area contributed by atoms with Crippen LogP contribution in [0.4, 0.5) is 4.79 Å². The van der Waals surface area contributed by atoms with Gasteiger partial charge in [-0.2, -0.15) is 0 Å². The minimum atomic E-state index is -1.46. The fourth-order valence-electron chi connectivity index (χ4n) is 1.98.